The minimum atomic E-state index is -0.231. The van der Waals surface area contributed by atoms with Crippen molar-refractivity contribution in [1.82, 2.24) is 20.1 Å². The van der Waals surface area contributed by atoms with Crippen LogP contribution in [0.2, 0.25) is 0 Å². The van der Waals surface area contributed by atoms with Crippen LogP contribution in [0.5, 0.6) is 11.5 Å². The number of nitrogens with one attached hydrogen (secondary N) is 1. The van der Waals surface area contributed by atoms with Crippen LogP contribution in [0.1, 0.15) is 39.3 Å². The first-order valence-corrected chi connectivity index (χ1v) is 13.0. The Bertz CT molecular complexity index is 1190. The average Bonchev–Trinajstić information content (AvgIpc) is 3.50. The van der Waals surface area contributed by atoms with Gasteiger partial charge < -0.3 is 19.5 Å². The zero-order valence-electron chi connectivity index (χ0n) is 20.5. The molecular formula is C26H32N4O4S. The van der Waals surface area contributed by atoms with Gasteiger partial charge in [-0.25, -0.2) is 4.98 Å². The fraction of sp³-hybridized carbons (Fsp3) is 0.500. The molecule has 1 aromatic carbocycles. The van der Waals surface area contributed by atoms with Gasteiger partial charge in [-0.1, -0.05) is 0 Å². The van der Waals surface area contributed by atoms with E-state index in [-0.39, 0.29) is 17.9 Å². The first-order chi connectivity index (χ1) is 16.9. The maximum absolute atomic E-state index is 12.5. The fourth-order valence-electron chi connectivity index (χ4n) is 4.43. The Balaban J connectivity index is 1.38. The predicted molar refractivity (Wildman–Crippen MR) is 135 cm³/mol. The molecule has 2 aromatic heterocycles. The van der Waals surface area contributed by atoms with E-state index in [9.17, 15) is 4.79 Å². The molecule has 1 N–H and O–H groups in total. The van der Waals surface area contributed by atoms with E-state index < -0.39 is 0 Å². The van der Waals surface area contributed by atoms with Crippen molar-refractivity contribution < 1.29 is 19.0 Å². The van der Waals surface area contributed by atoms with Crippen LogP contribution in [0.3, 0.4) is 0 Å². The number of hydrogen-bond donors (Lipinski definition) is 1. The van der Waals surface area contributed by atoms with Crippen molar-refractivity contribution >= 4 is 17.2 Å². The van der Waals surface area contributed by atoms with Gasteiger partial charge in [0.1, 0.15) is 18.2 Å². The Morgan fingerprint density at radius 2 is 1.91 bits per heavy atom. The molecule has 2 aliphatic rings. The number of aromatic nitrogens is 3. The van der Waals surface area contributed by atoms with Crippen LogP contribution in [-0.2, 0) is 21.5 Å². The largest absolute Gasteiger partial charge is 0.486 e. The SMILES string of the molecule is CC(C)(C)n1ncc(-c2nc(CC(=O)NCC3CCOCC3)cs2)c1-c1ccc2c(c1)OCCO2. The molecule has 35 heavy (non-hydrogen) atoms. The highest BCUT2D eigenvalue weighted by Crippen LogP contribution is 2.40. The zero-order chi connectivity index (χ0) is 24.4. The van der Waals surface area contributed by atoms with Gasteiger partial charge in [0.15, 0.2) is 11.5 Å². The summed E-state index contributed by atoms with van der Waals surface area (Å²) in [4.78, 5) is 17.4. The molecule has 0 atom stereocenters. The number of hydrogen-bond acceptors (Lipinski definition) is 7. The lowest BCUT2D eigenvalue weighted by molar-refractivity contribution is -0.120. The van der Waals surface area contributed by atoms with E-state index in [2.05, 4.69) is 26.1 Å². The summed E-state index contributed by atoms with van der Waals surface area (Å²) in [6, 6.07) is 5.99. The first-order valence-electron chi connectivity index (χ1n) is 12.2. The molecule has 4 heterocycles. The van der Waals surface area contributed by atoms with Crippen LogP contribution < -0.4 is 14.8 Å². The molecule has 1 amide bonds. The lowest BCUT2D eigenvalue weighted by Gasteiger charge is -2.24. The standard InChI is InChI=1S/C26H32N4O4S/c1-26(2,3)30-24(18-4-5-21-22(12-18)34-11-10-33-21)20(15-28-30)25-29-19(16-35-25)13-23(31)27-14-17-6-8-32-9-7-17/h4-5,12,15-17H,6-11,13-14H2,1-3H3,(H,27,31). The summed E-state index contributed by atoms with van der Waals surface area (Å²) in [6.45, 7) is 9.74. The Hall–Kier alpha value is -2.91. The molecule has 0 radical (unpaired) electrons. The highest BCUT2D eigenvalue weighted by molar-refractivity contribution is 7.13. The number of carbonyl (C=O) groups is 1. The number of fused-ring (bicyclic) bond motifs is 1. The monoisotopic (exact) mass is 496 g/mol. The zero-order valence-corrected chi connectivity index (χ0v) is 21.3. The van der Waals surface area contributed by atoms with Crippen molar-refractivity contribution in [2.45, 2.75) is 45.6 Å². The number of thiazole rings is 1. The highest BCUT2D eigenvalue weighted by atomic mass is 32.1. The lowest BCUT2D eigenvalue weighted by Crippen LogP contribution is -2.33. The Labute approximate surface area is 209 Å². The average molecular weight is 497 g/mol. The first kappa shape index (κ1) is 23.8. The molecule has 0 saturated carbocycles. The van der Waals surface area contributed by atoms with Crippen LogP contribution in [-0.4, -0.2) is 53.6 Å². The highest BCUT2D eigenvalue weighted by Gasteiger charge is 2.26. The molecule has 8 nitrogen and oxygen atoms in total. The van der Waals surface area contributed by atoms with Crippen molar-refractivity contribution in [2.75, 3.05) is 33.0 Å². The van der Waals surface area contributed by atoms with Crippen molar-refractivity contribution in [3.63, 3.8) is 0 Å². The van der Waals surface area contributed by atoms with Gasteiger partial charge in [0.05, 0.1) is 35.1 Å². The van der Waals surface area contributed by atoms with Gasteiger partial charge in [-0.3, -0.25) is 9.48 Å². The van der Waals surface area contributed by atoms with Crippen molar-refractivity contribution in [2.24, 2.45) is 5.92 Å². The van der Waals surface area contributed by atoms with E-state index in [1.54, 1.807) is 0 Å². The molecular weight excluding hydrogens is 464 g/mol. The maximum atomic E-state index is 12.5. The topological polar surface area (TPSA) is 87.5 Å². The van der Waals surface area contributed by atoms with E-state index in [0.717, 1.165) is 65.1 Å². The summed E-state index contributed by atoms with van der Waals surface area (Å²) < 4.78 is 19.0. The molecule has 186 valence electrons. The number of benzene rings is 1. The molecule has 9 heteroatoms. The number of nitrogens with zero attached hydrogens (tertiary/aromatic N) is 3. The molecule has 0 bridgehead atoms. The summed E-state index contributed by atoms with van der Waals surface area (Å²) in [5.41, 5.74) is 3.44. The van der Waals surface area contributed by atoms with Gasteiger partial charge >= 0.3 is 0 Å². The van der Waals surface area contributed by atoms with Crippen LogP contribution in [0.4, 0.5) is 0 Å². The molecule has 5 rings (SSSR count). The van der Waals surface area contributed by atoms with Crippen LogP contribution >= 0.6 is 11.3 Å². The third-order valence-electron chi connectivity index (χ3n) is 6.27. The lowest BCUT2D eigenvalue weighted by atomic mass is 10.0. The number of amides is 1. The van der Waals surface area contributed by atoms with Crippen molar-refractivity contribution in [3.8, 4) is 33.3 Å². The predicted octanol–water partition coefficient (Wildman–Crippen LogP) is 4.29. The van der Waals surface area contributed by atoms with Gasteiger partial charge in [0.25, 0.3) is 0 Å². The Kier molecular flexibility index (Phi) is 6.80. The molecule has 0 aliphatic carbocycles. The van der Waals surface area contributed by atoms with Crippen LogP contribution in [0.25, 0.3) is 21.8 Å². The van der Waals surface area contributed by atoms with E-state index in [4.69, 9.17) is 24.3 Å². The number of rotatable bonds is 6. The van der Waals surface area contributed by atoms with E-state index in [1.165, 1.54) is 11.3 Å². The third kappa shape index (κ3) is 5.36. The Morgan fingerprint density at radius 1 is 1.14 bits per heavy atom. The third-order valence-corrected chi connectivity index (χ3v) is 7.20. The van der Waals surface area contributed by atoms with Crippen molar-refractivity contribution in [1.29, 1.82) is 0 Å². The minimum Gasteiger partial charge on any atom is -0.486 e. The van der Waals surface area contributed by atoms with Crippen molar-refractivity contribution in [3.05, 3.63) is 35.5 Å². The molecule has 1 saturated heterocycles. The van der Waals surface area contributed by atoms with E-state index in [1.807, 2.05) is 34.5 Å². The maximum Gasteiger partial charge on any atom is 0.226 e. The summed E-state index contributed by atoms with van der Waals surface area (Å²) in [5.74, 6) is 2.00. The summed E-state index contributed by atoms with van der Waals surface area (Å²) >= 11 is 1.54. The fourth-order valence-corrected chi connectivity index (χ4v) is 5.26. The molecule has 0 unspecified atom stereocenters. The second-order valence-electron chi connectivity index (χ2n) is 10.0. The number of ether oxygens (including phenoxy) is 3. The second kappa shape index (κ2) is 9.99. The van der Waals surface area contributed by atoms with Gasteiger partial charge in [-0.15, -0.1) is 11.3 Å². The molecule has 1 fully saturated rings. The Morgan fingerprint density at radius 3 is 2.69 bits per heavy atom. The van der Waals surface area contributed by atoms with E-state index in [0.29, 0.717) is 25.7 Å². The van der Waals surface area contributed by atoms with Gasteiger partial charge in [0, 0.05) is 30.7 Å². The van der Waals surface area contributed by atoms with Crippen LogP contribution in [0, 0.1) is 5.92 Å². The minimum absolute atomic E-state index is 0.00536. The van der Waals surface area contributed by atoms with E-state index >= 15 is 0 Å². The number of carbonyl (C=O) groups excluding carboxylic acids is 1. The molecule has 0 spiro atoms. The summed E-state index contributed by atoms with van der Waals surface area (Å²) in [5, 5.41) is 10.6. The second-order valence-corrected chi connectivity index (χ2v) is 10.9. The quantitative estimate of drug-likeness (QED) is 0.548. The smallest absolute Gasteiger partial charge is 0.226 e. The summed E-state index contributed by atoms with van der Waals surface area (Å²) in [7, 11) is 0. The van der Waals surface area contributed by atoms with Gasteiger partial charge in [-0.2, -0.15) is 5.10 Å². The molecule has 2 aliphatic heterocycles. The molecule has 3 aromatic rings. The van der Waals surface area contributed by atoms with Gasteiger partial charge in [-0.05, 0) is 57.7 Å². The summed E-state index contributed by atoms with van der Waals surface area (Å²) in [6.07, 6.45) is 4.14. The van der Waals surface area contributed by atoms with Crippen LogP contribution in [0.15, 0.2) is 29.8 Å². The van der Waals surface area contributed by atoms with Gasteiger partial charge in [0.2, 0.25) is 5.91 Å². The normalized spacial score (nSPS) is 16.3.